The molecule has 2 amide bonds. The van der Waals surface area contributed by atoms with Crippen molar-refractivity contribution < 1.29 is 29.3 Å². The molecule has 1 aromatic carbocycles. The highest BCUT2D eigenvalue weighted by molar-refractivity contribution is 9.10. The molecule has 2 aromatic rings. The first-order valence-corrected chi connectivity index (χ1v) is 12.4. The van der Waals surface area contributed by atoms with Crippen LogP contribution in [0.3, 0.4) is 0 Å². The molecule has 1 aliphatic carbocycles. The molecule has 1 unspecified atom stereocenters. The molecule has 1 heterocycles. The van der Waals surface area contributed by atoms with Crippen molar-refractivity contribution in [1.29, 1.82) is 0 Å². The fourth-order valence-electron chi connectivity index (χ4n) is 4.73. The minimum atomic E-state index is -1.20. The Morgan fingerprint density at radius 2 is 1.94 bits per heavy atom. The molecule has 178 valence electrons. The van der Waals surface area contributed by atoms with E-state index in [-0.39, 0.29) is 16.5 Å². The second-order valence-corrected chi connectivity index (χ2v) is 9.93. The Bertz CT molecular complexity index is 1050. The normalized spacial score (nSPS) is 16.1. The lowest BCUT2D eigenvalue weighted by Gasteiger charge is -2.43. The highest BCUT2D eigenvalue weighted by atomic mass is 79.9. The van der Waals surface area contributed by atoms with Crippen LogP contribution in [0.2, 0.25) is 0 Å². The van der Waals surface area contributed by atoms with E-state index in [1.165, 1.54) is 6.42 Å². The number of nitrogens with one attached hydrogen (secondary N) is 1. The summed E-state index contributed by atoms with van der Waals surface area (Å²) in [4.78, 5) is 35.2. The Labute approximate surface area is 204 Å². The van der Waals surface area contributed by atoms with Crippen molar-refractivity contribution in [3.8, 4) is 16.2 Å². The Balaban J connectivity index is 2.09. The van der Waals surface area contributed by atoms with Gasteiger partial charge in [-0.15, -0.1) is 11.3 Å². The van der Waals surface area contributed by atoms with Gasteiger partial charge in [0.15, 0.2) is 17.2 Å². The van der Waals surface area contributed by atoms with Gasteiger partial charge in [-0.2, -0.15) is 0 Å². The number of aromatic carboxylic acids is 1. The summed E-state index contributed by atoms with van der Waals surface area (Å²) in [7, 11) is 0. The Kier molecular flexibility index (Phi) is 8.01. The molecule has 5 N–H and O–H groups in total. The van der Waals surface area contributed by atoms with Gasteiger partial charge in [-0.1, -0.05) is 44.4 Å². The number of carboxylic acids is 2. The van der Waals surface area contributed by atoms with Crippen LogP contribution >= 0.6 is 27.3 Å². The molecule has 0 bridgehead atoms. The number of benzene rings is 1. The van der Waals surface area contributed by atoms with Crippen LogP contribution in [-0.4, -0.2) is 34.8 Å². The predicted molar refractivity (Wildman–Crippen MR) is 129 cm³/mol. The number of nitrogens with two attached hydrogens (primary N) is 1. The van der Waals surface area contributed by atoms with E-state index in [4.69, 9.17) is 15.6 Å². The summed E-state index contributed by atoms with van der Waals surface area (Å²) in [6.45, 7) is 1.37. The van der Waals surface area contributed by atoms with Gasteiger partial charge in [0.25, 0.3) is 0 Å². The molecule has 1 fully saturated rings. The van der Waals surface area contributed by atoms with Gasteiger partial charge in [-0.3, -0.25) is 0 Å². The van der Waals surface area contributed by atoms with Crippen molar-refractivity contribution in [1.82, 2.24) is 5.32 Å². The fourth-order valence-corrected chi connectivity index (χ4v) is 6.62. The smallest absolute Gasteiger partial charge is 0.349 e. The number of primary amides is 1. The molecule has 10 heteroatoms. The van der Waals surface area contributed by atoms with Crippen molar-refractivity contribution >= 4 is 45.2 Å². The van der Waals surface area contributed by atoms with Crippen LogP contribution in [0.5, 0.6) is 5.75 Å². The highest BCUT2D eigenvalue weighted by Crippen LogP contribution is 2.47. The van der Waals surface area contributed by atoms with Gasteiger partial charge in [0.05, 0.1) is 14.9 Å². The SMILES string of the molecule is CCC(NC(N)=O)(c1cccc(-c2sc(C(=O)O)c(OCC(=O)O)c2Br)c1)C1CCCCC1. The van der Waals surface area contributed by atoms with Crippen LogP contribution in [0.15, 0.2) is 28.7 Å². The van der Waals surface area contributed by atoms with Gasteiger partial charge in [-0.05, 0) is 58.3 Å². The largest absolute Gasteiger partial charge is 0.479 e. The number of aliphatic carboxylic acids is 1. The molecule has 0 radical (unpaired) electrons. The summed E-state index contributed by atoms with van der Waals surface area (Å²) < 4.78 is 5.65. The molecule has 33 heavy (non-hydrogen) atoms. The molecular weight excluding hydrogens is 512 g/mol. The highest BCUT2D eigenvalue weighted by Gasteiger charge is 2.40. The topological polar surface area (TPSA) is 139 Å². The first-order chi connectivity index (χ1) is 15.7. The molecule has 1 aromatic heterocycles. The van der Waals surface area contributed by atoms with Gasteiger partial charge in [0, 0.05) is 0 Å². The molecule has 0 aliphatic heterocycles. The molecule has 1 aliphatic rings. The van der Waals surface area contributed by atoms with Crippen LogP contribution in [0.1, 0.15) is 60.7 Å². The van der Waals surface area contributed by atoms with Crippen LogP contribution in [0.25, 0.3) is 10.4 Å². The van der Waals surface area contributed by atoms with E-state index in [1.807, 2.05) is 31.2 Å². The maximum atomic E-state index is 12.0. The van der Waals surface area contributed by atoms with Crippen LogP contribution in [0.4, 0.5) is 4.79 Å². The number of hydrogen-bond acceptors (Lipinski definition) is 5. The molecule has 0 saturated heterocycles. The van der Waals surface area contributed by atoms with Crippen molar-refractivity contribution in [2.45, 2.75) is 51.0 Å². The van der Waals surface area contributed by atoms with E-state index in [9.17, 15) is 19.5 Å². The van der Waals surface area contributed by atoms with Gasteiger partial charge >= 0.3 is 18.0 Å². The second-order valence-electron chi connectivity index (χ2n) is 8.12. The standard InChI is InChI=1S/C23H27BrN2O6S/c1-2-23(26-22(25)31,14-8-4-3-5-9-14)15-10-6-7-13(11-15)19-17(24)18(32-12-16(27)28)20(33-19)21(29)30/h6-7,10-11,14H,2-5,8-9,12H2,1H3,(H,27,28)(H,29,30)(H3,25,26,31). The van der Waals surface area contributed by atoms with E-state index in [0.29, 0.717) is 15.8 Å². The zero-order valence-corrected chi connectivity index (χ0v) is 20.6. The third kappa shape index (κ3) is 5.33. The number of thiophene rings is 1. The summed E-state index contributed by atoms with van der Waals surface area (Å²) in [6, 6.07) is 7.03. The summed E-state index contributed by atoms with van der Waals surface area (Å²) in [5.74, 6) is -2.19. The van der Waals surface area contributed by atoms with Crippen molar-refractivity contribution in [3.63, 3.8) is 0 Å². The van der Waals surface area contributed by atoms with Crippen molar-refractivity contribution in [2.24, 2.45) is 11.7 Å². The van der Waals surface area contributed by atoms with E-state index >= 15 is 0 Å². The average molecular weight is 539 g/mol. The van der Waals surface area contributed by atoms with Gasteiger partial charge in [-0.25, -0.2) is 14.4 Å². The monoisotopic (exact) mass is 538 g/mol. The number of hydrogen-bond donors (Lipinski definition) is 4. The summed E-state index contributed by atoms with van der Waals surface area (Å²) in [6.07, 6.45) is 5.98. The van der Waals surface area contributed by atoms with Crippen molar-refractivity contribution in [3.05, 3.63) is 39.2 Å². The summed E-state index contributed by atoms with van der Waals surface area (Å²) >= 11 is 4.40. The zero-order valence-electron chi connectivity index (χ0n) is 18.2. The van der Waals surface area contributed by atoms with Crippen molar-refractivity contribution in [2.75, 3.05) is 6.61 Å². The summed E-state index contributed by atoms with van der Waals surface area (Å²) in [5.41, 5.74) is 6.60. The second kappa shape index (κ2) is 10.6. The van der Waals surface area contributed by atoms with E-state index in [0.717, 1.165) is 48.1 Å². The van der Waals surface area contributed by atoms with E-state index in [1.54, 1.807) is 0 Å². The zero-order chi connectivity index (χ0) is 24.2. The average Bonchev–Trinajstić information content (AvgIpc) is 3.13. The molecule has 1 atom stereocenters. The Hall–Kier alpha value is -2.59. The van der Waals surface area contributed by atoms with Gasteiger partial charge in [0.2, 0.25) is 0 Å². The summed E-state index contributed by atoms with van der Waals surface area (Å²) in [5, 5.41) is 21.6. The lowest BCUT2D eigenvalue weighted by molar-refractivity contribution is -0.139. The van der Waals surface area contributed by atoms with Crippen LogP contribution in [0, 0.1) is 5.92 Å². The van der Waals surface area contributed by atoms with Gasteiger partial charge < -0.3 is 26.0 Å². The fraction of sp³-hybridized carbons (Fsp3) is 0.435. The lowest BCUT2D eigenvalue weighted by Crippen LogP contribution is -2.53. The number of carboxylic acid groups (broad SMARTS) is 2. The minimum Gasteiger partial charge on any atom is -0.479 e. The van der Waals surface area contributed by atoms with Gasteiger partial charge in [0.1, 0.15) is 0 Å². The lowest BCUT2D eigenvalue weighted by atomic mass is 9.69. The number of urea groups is 1. The first-order valence-electron chi connectivity index (χ1n) is 10.8. The first kappa shape index (κ1) is 25.0. The predicted octanol–water partition coefficient (Wildman–Crippen LogP) is 5.19. The number of carbonyl (C=O) groups is 3. The number of halogens is 1. The number of carbonyl (C=O) groups excluding carboxylic acids is 1. The number of rotatable bonds is 9. The Morgan fingerprint density at radius 3 is 2.52 bits per heavy atom. The molecular formula is C23H27BrN2O6S. The maximum Gasteiger partial charge on any atom is 0.349 e. The number of ether oxygens (including phenoxy) is 1. The van der Waals surface area contributed by atoms with Crippen LogP contribution < -0.4 is 15.8 Å². The number of amides is 2. The third-order valence-electron chi connectivity index (χ3n) is 6.19. The third-order valence-corrected chi connectivity index (χ3v) is 8.42. The molecule has 8 nitrogen and oxygen atoms in total. The van der Waals surface area contributed by atoms with Crippen LogP contribution in [-0.2, 0) is 10.3 Å². The minimum absolute atomic E-state index is 0.0143. The molecule has 0 spiro atoms. The molecule has 3 rings (SSSR count). The molecule has 1 saturated carbocycles. The quantitative estimate of drug-likeness (QED) is 0.346. The van der Waals surface area contributed by atoms with E-state index in [2.05, 4.69) is 21.2 Å². The maximum absolute atomic E-state index is 12.0. The van der Waals surface area contributed by atoms with E-state index < -0.39 is 30.1 Å². The Morgan fingerprint density at radius 1 is 1.24 bits per heavy atom.